The molecule has 0 bridgehead atoms. The Balaban J connectivity index is 1.54. The highest BCUT2D eigenvalue weighted by Gasteiger charge is 2.36. The summed E-state index contributed by atoms with van der Waals surface area (Å²) in [5.41, 5.74) is 4.24. The molecule has 1 fully saturated rings. The fourth-order valence-electron chi connectivity index (χ4n) is 3.83. The van der Waals surface area contributed by atoms with Crippen molar-refractivity contribution in [1.29, 1.82) is 0 Å². The van der Waals surface area contributed by atoms with Crippen LogP contribution in [0.1, 0.15) is 34.1 Å². The molecule has 4 nitrogen and oxygen atoms in total. The van der Waals surface area contributed by atoms with Crippen molar-refractivity contribution < 1.29 is 24.4 Å². The second-order valence-corrected chi connectivity index (χ2v) is 8.94. The number of ether oxygens (including phenoxy) is 1. The quantitative estimate of drug-likeness (QED) is 0.575. The lowest BCUT2D eigenvalue weighted by Gasteiger charge is -2.36. The molecule has 0 saturated carbocycles. The van der Waals surface area contributed by atoms with Crippen LogP contribution in [0, 0.1) is 12.7 Å². The third-order valence-electron chi connectivity index (χ3n) is 5.65. The summed E-state index contributed by atoms with van der Waals surface area (Å²) in [5.74, 6) is -0.242. The number of halogens is 1. The molecular formula is C24H25FO4S. The molecular weight excluding hydrogens is 403 g/mol. The number of hydrogen-bond donors (Lipinski definition) is 3. The fourth-order valence-corrected chi connectivity index (χ4v) is 4.87. The zero-order valence-corrected chi connectivity index (χ0v) is 17.5. The first-order chi connectivity index (χ1) is 14.4. The second-order valence-electron chi connectivity index (χ2n) is 7.77. The maximum atomic E-state index is 13.2. The molecule has 3 N–H and O–H groups in total. The molecule has 0 spiro atoms. The van der Waals surface area contributed by atoms with Gasteiger partial charge in [-0.3, -0.25) is 0 Å². The van der Waals surface area contributed by atoms with Gasteiger partial charge in [0.2, 0.25) is 0 Å². The third-order valence-corrected chi connectivity index (χ3v) is 6.78. The van der Waals surface area contributed by atoms with Crippen molar-refractivity contribution in [2.45, 2.75) is 44.2 Å². The lowest BCUT2D eigenvalue weighted by molar-refractivity contribution is -0.181. The lowest BCUT2D eigenvalue weighted by atomic mass is 9.92. The number of hydrogen-bond acceptors (Lipinski definition) is 5. The molecule has 0 aliphatic carbocycles. The normalized spacial score (nSPS) is 24.2. The largest absolute Gasteiger partial charge is 0.394 e. The molecule has 6 heteroatoms. The van der Waals surface area contributed by atoms with Crippen LogP contribution in [0.5, 0.6) is 0 Å². The molecule has 3 aromatic rings. The fraction of sp³-hybridized carbons (Fsp3) is 0.333. The molecule has 1 aliphatic rings. The van der Waals surface area contributed by atoms with E-state index >= 15 is 0 Å². The molecule has 158 valence electrons. The predicted octanol–water partition coefficient (Wildman–Crippen LogP) is 4.00. The highest BCUT2D eigenvalue weighted by Crippen LogP contribution is 2.34. The first kappa shape index (κ1) is 21.2. The Kier molecular flexibility index (Phi) is 6.32. The SMILES string of the molecule is Cc1ccc([C@H]2C[C@@H](O)[C@H](O)[C@@H](CO)O2)cc1Cc1ccc(-c2ccc(F)cc2)s1. The van der Waals surface area contributed by atoms with Crippen LogP contribution in [0.15, 0.2) is 54.6 Å². The van der Waals surface area contributed by atoms with E-state index in [1.165, 1.54) is 17.0 Å². The maximum Gasteiger partial charge on any atom is 0.123 e. The third kappa shape index (κ3) is 4.48. The Hall–Kier alpha value is -2.09. The van der Waals surface area contributed by atoms with Gasteiger partial charge in [0.1, 0.15) is 18.0 Å². The minimum atomic E-state index is -1.08. The number of thiophene rings is 1. The smallest absolute Gasteiger partial charge is 0.123 e. The number of rotatable bonds is 5. The van der Waals surface area contributed by atoms with Gasteiger partial charge in [-0.05, 0) is 53.4 Å². The van der Waals surface area contributed by atoms with Gasteiger partial charge in [-0.15, -0.1) is 11.3 Å². The van der Waals surface area contributed by atoms with Crippen LogP contribution < -0.4 is 0 Å². The molecule has 1 saturated heterocycles. The van der Waals surface area contributed by atoms with Gasteiger partial charge in [0.15, 0.2) is 0 Å². The molecule has 2 heterocycles. The van der Waals surface area contributed by atoms with Crippen LogP contribution >= 0.6 is 11.3 Å². The van der Waals surface area contributed by atoms with Crippen molar-refractivity contribution in [3.63, 3.8) is 0 Å². The van der Waals surface area contributed by atoms with Gasteiger partial charge in [-0.25, -0.2) is 4.39 Å². The average molecular weight is 429 g/mol. The summed E-state index contributed by atoms with van der Waals surface area (Å²) < 4.78 is 19.0. The van der Waals surface area contributed by atoms with Crippen molar-refractivity contribution in [2.75, 3.05) is 6.61 Å². The van der Waals surface area contributed by atoms with E-state index in [0.717, 1.165) is 33.6 Å². The summed E-state index contributed by atoms with van der Waals surface area (Å²) in [7, 11) is 0. The Morgan fingerprint density at radius 3 is 2.57 bits per heavy atom. The molecule has 0 unspecified atom stereocenters. The molecule has 0 amide bonds. The zero-order chi connectivity index (χ0) is 21.3. The van der Waals surface area contributed by atoms with Gasteiger partial charge in [-0.1, -0.05) is 30.3 Å². The highest BCUT2D eigenvalue weighted by atomic mass is 32.1. The van der Waals surface area contributed by atoms with Gasteiger partial charge in [0.05, 0.1) is 18.8 Å². The topological polar surface area (TPSA) is 69.9 Å². The van der Waals surface area contributed by atoms with Gasteiger partial charge < -0.3 is 20.1 Å². The van der Waals surface area contributed by atoms with E-state index < -0.39 is 18.3 Å². The Morgan fingerprint density at radius 2 is 1.83 bits per heavy atom. The minimum Gasteiger partial charge on any atom is -0.394 e. The van der Waals surface area contributed by atoms with Crippen LogP contribution in [-0.2, 0) is 11.2 Å². The monoisotopic (exact) mass is 428 g/mol. The van der Waals surface area contributed by atoms with Crippen LogP contribution in [-0.4, -0.2) is 40.2 Å². The maximum absolute atomic E-state index is 13.2. The van der Waals surface area contributed by atoms with Crippen LogP contribution in [0.2, 0.25) is 0 Å². The Labute approximate surface area is 179 Å². The molecule has 1 aromatic heterocycles. The van der Waals surface area contributed by atoms with E-state index in [2.05, 4.69) is 25.1 Å². The van der Waals surface area contributed by atoms with E-state index in [9.17, 15) is 19.7 Å². The second kappa shape index (κ2) is 8.96. The zero-order valence-electron chi connectivity index (χ0n) is 16.7. The number of aliphatic hydroxyl groups is 3. The first-order valence-corrected chi connectivity index (χ1v) is 10.8. The lowest BCUT2D eigenvalue weighted by Crippen LogP contribution is -2.47. The van der Waals surface area contributed by atoms with Gasteiger partial charge in [0.25, 0.3) is 0 Å². The number of benzene rings is 2. The number of aryl methyl sites for hydroxylation is 1. The predicted molar refractivity (Wildman–Crippen MR) is 115 cm³/mol. The van der Waals surface area contributed by atoms with Crippen molar-refractivity contribution in [3.8, 4) is 10.4 Å². The van der Waals surface area contributed by atoms with Crippen LogP contribution in [0.25, 0.3) is 10.4 Å². The molecule has 1 aliphatic heterocycles. The van der Waals surface area contributed by atoms with Crippen molar-refractivity contribution in [3.05, 3.63) is 82.0 Å². The van der Waals surface area contributed by atoms with E-state index in [1.54, 1.807) is 23.5 Å². The Morgan fingerprint density at radius 1 is 1.07 bits per heavy atom. The van der Waals surface area contributed by atoms with Gasteiger partial charge >= 0.3 is 0 Å². The molecule has 2 aromatic carbocycles. The van der Waals surface area contributed by atoms with Crippen molar-refractivity contribution in [1.82, 2.24) is 0 Å². The summed E-state index contributed by atoms with van der Waals surface area (Å²) in [6.07, 6.45) is -2.13. The van der Waals surface area contributed by atoms with Crippen molar-refractivity contribution in [2.24, 2.45) is 0 Å². The summed E-state index contributed by atoms with van der Waals surface area (Å²) in [5, 5.41) is 29.5. The van der Waals surface area contributed by atoms with Gasteiger partial charge in [0, 0.05) is 22.6 Å². The van der Waals surface area contributed by atoms with E-state index in [0.29, 0.717) is 0 Å². The van der Waals surface area contributed by atoms with E-state index in [-0.39, 0.29) is 24.9 Å². The first-order valence-electron chi connectivity index (χ1n) is 10.0. The molecule has 0 radical (unpaired) electrons. The summed E-state index contributed by atoms with van der Waals surface area (Å²) in [4.78, 5) is 2.29. The van der Waals surface area contributed by atoms with E-state index in [1.807, 2.05) is 12.1 Å². The number of aliphatic hydroxyl groups excluding tert-OH is 3. The average Bonchev–Trinajstić information content (AvgIpc) is 3.20. The molecule has 30 heavy (non-hydrogen) atoms. The highest BCUT2D eigenvalue weighted by molar-refractivity contribution is 7.15. The Bertz CT molecular complexity index is 1000. The van der Waals surface area contributed by atoms with E-state index in [4.69, 9.17) is 4.74 Å². The van der Waals surface area contributed by atoms with Crippen LogP contribution in [0.4, 0.5) is 4.39 Å². The molecule has 4 rings (SSSR count). The van der Waals surface area contributed by atoms with Gasteiger partial charge in [-0.2, -0.15) is 0 Å². The minimum absolute atomic E-state index is 0.242. The van der Waals surface area contributed by atoms with Crippen molar-refractivity contribution >= 4 is 11.3 Å². The van der Waals surface area contributed by atoms with Crippen LogP contribution in [0.3, 0.4) is 0 Å². The molecule has 4 atom stereocenters. The summed E-state index contributed by atoms with van der Waals surface area (Å²) in [6.45, 7) is 1.72. The standard InChI is InChI=1S/C24H25FO4S/c1-14-2-3-16(21-12-20(27)24(28)22(13-26)29-21)10-17(14)11-19-8-9-23(30-19)15-4-6-18(25)7-5-15/h2-10,20-22,24,26-28H,11-13H2,1H3/t20-,21-,22-,24+/m1/s1. The summed E-state index contributed by atoms with van der Waals surface area (Å²) in [6, 6.07) is 16.7. The summed E-state index contributed by atoms with van der Waals surface area (Å²) >= 11 is 1.68.